The van der Waals surface area contributed by atoms with Crippen molar-refractivity contribution in [1.82, 2.24) is 24.6 Å². The summed E-state index contributed by atoms with van der Waals surface area (Å²) in [5.41, 5.74) is 5.46. The van der Waals surface area contributed by atoms with Crippen molar-refractivity contribution in [2.24, 2.45) is 0 Å². The van der Waals surface area contributed by atoms with Crippen molar-refractivity contribution >= 4 is 17.3 Å². The molecule has 0 saturated carbocycles. The van der Waals surface area contributed by atoms with Crippen LogP contribution in [0.5, 0.6) is 0 Å². The molecular weight excluding hydrogens is 421 g/mol. The quantitative estimate of drug-likeness (QED) is 0.650. The van der Waals surface area contributed by atoms with Crippen LogP contribution in [0.2, 0.25) is 0 Å². The molecule has 3 aliphatic rings. The van der Waals surface area contributed by atoms with Crippen LogP contribution in [0.1, 0.15) is 49.2 Å². The zero-order valence-electron chi connectivity index (χ0n) is 19.1. The summed E-state index contributed by atoms with van der Waals surface area (Å²) in [6.45, 7) is 4.58. The Labute approximate surface area is 192 Å². The molecule has 8 nitrogen and oxygen atoms in total. The molecule has 9 heteroatoms. The van der Waals surface area contributed by atoms with Gasteiger partial charge in [-0.15, -0.1) is 0 Å². The van der Waals surface area contributed by atoms with Gasteiger partial charge < -0.3 is 15.0 Å². The normalized spacial score (nSPS) is 21.5. The second-order valence-electron chi connectivity index (χ2n) is 9.42. The van der Waals surface area contributed by atoms with E-state index >= 15 is 0 Å². The maximum absolute atomic E-state index is 13.9. The van der Waals surface area contributed by atoms with Crippen LogP contribution in [0.15, 0.2) is 12.1 Å². The molecule has 0 radical (unpaired) electrons. The van der Waals surface area contributed by atoms with Crippen LogP contribution in [-0.2, 0) is 17.6 Å². The highest BCUT2D eigenvalue weighted by Gasteiger charge is 2.26. The lowest BCUT2D eigenvalue weighted by atomic mass is 10.00. The Hall–Kier alpha value is -2.81. The van der Waals surface area contributed by atoms with Crippen LogP contribution >= 0.6 is 0 Å². The molecule has 0 amide bonds. The number of anilines is 2. The monoisotopic (exact) mass is 451 g/mol. The van der Waals surface area contributed by atoms with E-state index in [0.29, 0.717) is 25.6 Å². The fraction of sp³-hybridized carbons (Fsp3) is 0.583. The Kier molecular flexibility index (Phi) is 5.36. The van der Waals surface area contributed by atoms with Crippen molar-refractivity contribution < 1.29 is 9.13 Å². The van der Waals surface area contributed by atoms with E-state index in [9.17, 15) is 4.39 Å². The second kappa shape index (κ2) is 8.52. The van der Waals surface area contributed by atoms with Crippen molar-refractivity contribution in [3.63, 3.8) is 0 Å². The topological polar surface area (TPSA) is 80.5 Å². The summed E-state index contributed by atoms with van der Waals surface area (Å²) >= 11 is 0. The number of ether oxygens (including phenoxy) is 1. The van der Waals surface area contributed by atoms with E-state index in [1.807, 2.05) is 28.5 Å². The van der Waals surface area contributed by atoms with Crippen LogP contribution in [0.25, 0.3) is 17.0 Å². The zero-order valence-corrected chi connectivity index (χ0v) is 19.1. The van der Waals surface area contributed by atoms with Crippen molar-refractivity contribution in [2.45, 2.75) is 64.1 Å². The Morgan fingerprint density at radius 1 is 1.03 bits per heavy atom. The minimum atomic E-state index is -0.802. The van der Waals surface area contributed by atoms with Gasteiger partial charge in [0.15, 0.2) is 5.65 Å². The molecule has 1 atom stereocenters. The van der Waals surface area contributed by atoms with Crippen LogP contribution in [-0.4, -0.2) is 63.1 Å². The molecule has 5 heterocycles. The lowest BCUT2D eigenvalue weighted by molar-refractivity contribution is 0.0903. The molecule has 1 N–H and O–H groups in total. The number of aryl methyl sites for hydroxylation is 3. The van der Waals surface area contributed by atoms with E-state index in [2.05, 4.69) is 5.32 Å². The fourth-order valence-corrected chi connectivity index (χ4v) is 5.15. The summed E-state index contributed by atoms with van der Waals surface area (Å²) in [5, 5.41) is 8.56. The van der Waals surface area contributed by atoms with E-state index in [4.69, 9.17) is 24.8 Å². The molecule has 0 aromatic carbocycles. The third kappa shape index (κ3) is 4.03. The largest absolute Gasteiger partial charge is 0.381 e. The van der Waals surface area contributed by atoms with Crippen LogP contribution in [0.3, 0.4) is 0 Å². The molecule has 1 aliphatic carbocycles. The van der Waals surface area contributed by atoms with E-state index in [1.165, 1.54) is 6.42 Å². The fourth-order valence-electron chi connectivity index (χ4n) is 5.15. The molecule has 0 unspecified atom stereocenters. The van der Waals surface area contributed by atoms with Crippen LogP contribution in [0.4, 0.5) is 16.0 Å². The highest BCUT2D eigenvalue weighted by molar-refractivity contribution is 5.67. The summed E-state index contributed by atoms with van der Waals surface area (Å²) in [7, 11) is 0. The molecule has 0 bridgehead atoms. The van der Waals surface area contributed by atoms with Gasteiger partial charge in [-0.1, -0.05) is 0 Å². The molecule has 33 heavy (non-hydrogen) atoms. The average molecular weight is 452 g/mol. The molecule has 3 aromatic rings. The predicted molar refractivity (Wildman–Crippen MR) is 125 cm³/mol. The highest BCUT2D eigenvalue weighted by Crippen LogP contribution is 2.29. The van der Waals surface area contributed by atoms with E-state index in [1.54, 1.807) is 0 Å². The number of halogens is 1. The summed E-state index contributed by atoms with van der Waals surface area (Å²) in [4.78, 5) is 16.7. The maximum Gasteiger partial charge on any atom is 0.160 e. The van der Waals surface area contributed by atoms with Gasteiger partial charge in [-0.2, -0.15) is 9.61 Å². The van der Waals surface area contributed by atoms with E-state index in [-0.39, 0.29) is 0 Å². The summed E-state index contributed by atoms with van der Waals surface area (Å²) < 4.78 is 21.3. The third-order valence-corrected chi connectivity index (χ3v) is 6.99. The Morgan fingerprint density at radius 2 is 1.82 bits per heavy atom. The average Bonchev–Trinajstić information content (AvgIpc) is 3.45. The molecule has 2 aliphatic heterocycles. The molecule has 3 aromatic heterocycles. The van der Waals surface area contributed by atoms with Crippen molar-refractivity contribution in [3.05, 3.63) is 29.2 Å². The number of rotatable bonds is 4. The predicted octanol–water partition coefficient (Wildman–Crippen LogP) is 3.51. The number of hydrogen-bond acceptors (Lipinski definition) is 7. The smallest absolute Gasteiger partial charge is 0.160 e. The highest BCUT2D eigenvalue weighted by atomic mass is 19.1. The zero-order chi connectivity index (χ0) is 22.4. The minimum absolute atomic E-state index is 0.308. The van der Waals surface area contributed by atoms with E-state index in [0.717, 1.165) is 91.1 Å². The summed E-state index contributed by atoms with van der Waals surface area (Å²) in [6, 6.07) is 4.29. The standard InChI is InChI=1S/C24H30FN7O/c1-15-24(28-19-5-3-2-4-18(19)26-15)20-12-22-29-21(31-9-6-16(25)14-31)13-23(32(22)30-20)27-17-7-10-33-11-8-17/h12-13,16-17,27H,2-11,14H2,1H3/t16-/m1/s1. The lowest BCUT2D eigenvalue weighted by Crippen LogP contribution is -2.29. The first-order chi connectivity index (χ1) is 16.1. The molecule has 0 spiro atoms. The molecule has 2 fully saturated rings. The van der Waals surface area contributed by atoms with Crippen LogP contribution < -0.4 is 10.2 Å². The van der Waals surface area contributed by atoms with Gasteiger partial charge in [-0.3, -0.25) is 4.98 Å². The minimum Gasteiger partial charge on any atom is -0.381 e. The third-order valence-electron chi connectivity index (χ3n) is 6.99. The Morgan fingerprint density at radius 3 is 2.58 bits per heavy atom. The van der Waals surface area contributed by atoms with Crippen molar-refractivity contribution in [2.75, 3.05) is 36.5 Å². The molecule has 2 saturated heterocycles. The number of alkyl halides is 1. The maximum atomic E-state index is 13.9. The first-order valence-corrected chi connectivity index (χ1v) is 12.1. The number of hydrogen-bond donors (Lipinski definition) is 1. The van der Waals surface area contributed by atoms with E-state index < -0.39 is 6.17 Å². The van der Waals surface area contributed by atoms with Gasteiger partial charge in [0.05, 0.1) is 23.6 Å². The second-order valence-corrected chi connectivity index (χ2v) is 9.42. The van der Waals surface area contributed by atoms with Gasteiger partial charge in [0.25, 0.3) is 0 Å². The molecular formula is C24H30FN7O. The van der Waals surface area contributed by atoms with Gasteiger partial charge in [-0.25, -0.2) is 14.4 Å². The van der Waals surface area contributed by atoms with Crippen molar-refractivity contribution in [1.29, 1.82) is 0 Å². The van der Waals surface area contributed by atoms with Crippen molar-refractivity contribution in [3.8, 4) is 11.4 Å². The molecule has 174 valence electrons. The SMILES string of the molecule is Cc1nc2c(nc1-c1cc3nc(N4CC[C@@H](F)C4)cc(NC4CCOCC4)n3n1)CCCC2. The Bertz CT molecular complexity index is 1170. The van der Waals surface area contributed by atoms with Gasteiger partial charge in [0.2, 0.25) is 0 Å². The number of nitrogens with one attached hydrogen (secondary N) is 1. The van der Waals surface area contributed by atoms with Gasteiger partial charge >= 0.3 is 0 Å². The Balaban J connectivity index is 1.42. The van der Waals surface area contributed by atoms with Gasteiger partial charge in [0, 0.05) is 37.9 Å². The number of aromatic nitrogens is 5. The van der Waals surface area contributed by atoms with Crippen LogP contribution in [0, 0.1) is 6.92 Å². The van der Waals surface area contributed by atoms with Gasteiger partial charge in [0.1, 0.15) is 29.2 Å². The summed E-state index contributed by atoms with van der Waals surface area (Å²) in [6.07, 6.45) is 5.95. The number of fused-ring (bicyclic) bond motifs is 2. The molecule has 6 rings (SSSR count). The number of nitrogens with zero attached hydrogens (tertiary/aromatic N) is 6. The first kappa shape index (κ1) is 20.8. The summed E-state index contributed by atoms with van der Waals surface area (Å²) in [5.74, 6) is 1.66. The van der Waals surface area contributed by atoms with Gasteiger partial charge in [-0.05, 0) is 51.9 Å². The lowest BCUT2D eigenvalue weighted by Gasteiger charge is -2.25. The first-order valence-electron chi connectivity index (χ1n) is 12.1.